The van der Waals surface area contributed by atoms with E-state index >= 15 is 0 Å². The predicted molar refractivity (Wildman–Crippen MR) is 81.1 cm³/mol. The molecule has 0 N–H and O–H groups in total. The maximum atomic E-state index is 13.1. The van der Waals surface area contributed by atoms with E-state index in [9.17, 15) is 9.18 Å². The Morgan fingerprint density at radius 2 is 2.00 bits per heavy atom. The zero-order chi connectivity index (χ0) is 15.2. The Hall–Kier alpha value is -1.88. The summed E-state index contributed by atoms with van der Waals surface area (Å²) in [6.45, 7) is 2.30. The maximum Gasteiger partial charge on any atom is 0.339 e. The third-order valence-electron chi connectivity index (χ3n) is 2.72. The Morgan fingerprint density at radius 1 is 1.19 bits per heavy atom. The van der Waals surface area contributed by atoms with Gasteiger partial charge in [0.05, 0.1) is 5.56 Å². The molecule has 3 nitrogen and oxygen atoms in total. The molecule has 0 spiro atoms. The number of rotatable bonds is 5. The van der Waals surface area contributed by atoms with E-state index in [2.05, 4.69) is 15.9 Å². The van der Waals surface area contributed by atoms with Crippen molar-refractivity contribution in [1.82, 2.24) is 0 Å². The van der Waals surface area contributed by atoms with E-state index in [1.54, 1.807) is 0 Å². The van der Waals surface area contributed by atoms with Gasteiger partial charge < -0.3 is 9.47 Å². The van der Waals surface area contributed by atoms with E-state index in [1.807, 2.05) is 31.2 Å². The highest BCUT2D eigenvalue weighted by atomic mass is 79.9. The third-order valence-corrected chi connectivity index (χ3v) is 3.41. The van der Waals surface area contributed by atoms with Gasteiger partial charge in [0, 0.05) is 4.47 Å². The van der Waals surface area contributed by atoms with Crippen LogP contribution in [0.3, 0.4) is 0 Å². The van der Waals surface area contributed by atoms with Crippen molar-refractivity contribution < 1.29 is 18.7 Å². The van der Waals surface area contributed by atoms with Crippen LogP contribution in [0.1, 0.15) is 15.9 Å². The number of carbonyl (C=O) groups excluding carboxylic acids is 1. The topological polar surface area (TPSA) is 35.5 Å². The summed E-state index contributed by atoms with van der Waals surface area (Å²) < 4.78 is 24.1. The summed E-state index contributed by atoms with van der Waals surface area (Å²) in [5, 5.41) is 0. The Labute approximate surface area is 130 Å². The van der Waals surface area contributed by atoms with Crippen molar-refractivity contribution >= 4 is 21.9 Å². The predicted octanol–water partition coefficient (Wildman–Crippen LogP) is 4.13. The van der Waals surface area contributed by atoms with Crippen LogP contribution < -0.4 is 4.74 Å². The minimum atomic E-state index is -0.589. The number of carbonyl (C=O) groups is 1. The van der Waals surface area contributed by atoms with Gasteiger partial charge in [-0.2, -0.15) is 0 Å². The number of esters is 1. The molecule has 0 fully saturated rings. The Kier molecular flexibility index (Phi) is 5.33. The van der Waals surface area contributed by atoms with E-state index in [-0.39, 0.29) is 18.8 Å². The summed E-state index contributed by atoms with van der Waals surface area (Å²) in [6.07, 6.45) is 0. The fraction of sp³-hybridized carbons (Fsp3) is 0.188. The van der Waals surface area contributed by atoms with Gasteiger partial charge in [-0.25, -0.2) is 9.18 Å². The van der Waals surface area contributed by atoms with Gasteiger partial charge in [-0.1, -0.05) is 12.1 Å². The quantitative estimate of drug-likeness (QED) is 0.599. The average molecular weight is 353 g/mol. The molecule has 0 aliphatic carbocycles. The van der Waals surface area contributed by atoms with Gasteiger partial charge in [-0.05, 0) is 58.7 Å². The summed E-state index contributed by atoms with van der Waals surface area (Å²) in [4.78, 5) is 11.8. The molecule has 0 unspecified atom stereocenters. The van der Waals surface area contributed by atoms with Gasteiger partial charge in [-0.3, -0.25) is 0 Å². The van der Waals surface area contributed by atoms with E-state index in [4.69, 9.17) is 9.47 Å². The molecule has 0 saturated carbocycles. The van der Waals surface area contributed by atoms with Crippen LogP contribution in [-0.4, -0.2) is 19.2 Å². The summed E-state index contributed by atoms with van der Waals surface area (Å²) in [7, 11) is 0. The van der Waals surface area contributed by atoms with Crippen LogP contribution in [0.5, 0.6) is 5.75 Å². The van der Waals surface area contributed by atoms with Crippen LogP contribution in [0.2, 0.25) is 0 Å². The molecule has 0 atom stereocenters. The van der Waals surface area contributed by atoms with Crippen molar-refractivity contribution in [2.75, 3.05) is 13.2 Å². The fourth-order valence-electron chi connectivity index (χ4n) is 1.73. The average Bonchev–Trinajstić information content (AvgIpc) is 2.46. The van der Waals surface area contributed by atoms with Crippen molar-refractivity contribution in [1.29, 1.82) is 0 Å². The molecule has 2 rings (SSSR count). The van der Waals surface area contributed by atoms with E-state index in [0.717, 1.165) is 17.4 Å². The van der Waals surface area contributed by atoms with Crippen molar-refractivity contribution in [3.8, 4) is 5.75 Å². The first kappa shape index (κ1) is 15.5. The molecular weight excluding hydrogens is 339 g/mol. The van der Waals surface area contributed by atoms with Crippen molar-refractivity contribution in [2.24, 2.45) is 0 Å². The Bertz CT molecular complexity index is 643. The summed E-state index contributed by atoms with van der Waals surface area (Å²) in [5.41, 5.74) is 1.25. The number of hydrogen-bond donors (Lipinski definition) is 0. The first-order valence-corrected chi connectivity index (χ1v) is 7.17. The standard InChI is InChI=1S/C16H14BrFO3/c1-11-3-2-4-13(9-11)20-7-8-21-16(19)14-10-12(18)5-6-15(14)17/h2-6,9-10H,7-8H2,1H3. The molecule has 0 bridgehead atoms. The second-order valence-corrected chi connectivity index (χ2v) is 5.28. The van der Waals surface area contributed by atoms with Crippen molar-refractivity contribution in [3.05, 3.63) is 63.9 Å². The maximum absolute atomic E-state index is 13.1. The number of ether oxygens (including phenoxy) is 2. The van der Waals surface area contributed by atoms with Gasteiger partial charge in [0.1, 0.15) is 24.8 Å². The molecule has 0 heterocycles. The van der Waals surface area contributed by atoms with E-state index in [1.165, 1.54) is 12.1 Å². The monoisotopic (exact) mass is 352 g/mol. The second kappa shape index (κ2) is 7.22. The molecule has 0 saturated heterocycles. The van der Waals surface area contributed by atoms with E-state index in [0.29, 0.717) is 4.47 Å². The molecule has 0 amide bonds. The van der Waals surface area contributed by atoms with Crippen LogP contribution in [0.15, 0.2) is 46.9 Å². The first-order chi connectivity index (χ1) is 10.1. The Morgan fingerprint density at radius 3 is 2.76 bits per heavy atom. The molecule has 5 heteroatoms. The van der Waals surface area contributed by atoms with Crippen LogP contribution >= 0.6 is 15.9 Å². The zero-order valence-electron chi connectivity index (χ0n) is 11.4. The normalized spacial score (nSPS) is 10.2. The first-order valence-electron chi connectivity index (χ1n) is 6.38. The lowest BCUT2D eigenvalue weighted by atomic mass is 10.2. The van der Waals surface area contributed by atoms with Crippen molar-refractivity contribution in [2.45, 2.75) is 6.92 Å². The molecule has 2 aromatic rings. The van der Waals surface area contributed by atoms with Gasteiger partial charge >= 0.3 is 5.97 Å². The molecule has 0 aliphatic heterocycles. The van der Waals surface area contributed by atoms with Gasteiger partial charge in [0.25, 0.3) is 0 Å². The lowest BCUT2D eigenvalue weighted by molar-refractivity contribution is 0.0449. The lowest BCUT2D eigenvalue weighted by Gasteiger charge is -2.08. The molecule has 2 aromatic carbocycles. The second-order valence-electron chi connectivity index (χ2n) is 4.43. The van der Waals surface area contributed by atoms with Gasteiger partial charge in [-0.15, -0.1) is 0 Å². The molecular formula is C16H14BrFO3. The van der Waals surface area contributed by atoms with Crippen LogP contribution in [0.4, 0.5) is 4.39 Å². The number of halogens is 2. The van der Waals surface area contributed by atoms with Crippen LogP contribution in [0.25, 0.3) is 0 Å². The number of benzene rings is 2. The molecule has 110 valence electrons. The minimum absolute atomic E-state index is 0.0930. The highest BCUT2D eigenvalue weighted by Crippen LogP contribution is 2.18. The third kappa shape index (κ3) is 4.56. The van der Waals surface area contributed by atoms with E-state index < -0.39 is 11.8 Å². The fourth-order valence-corrected chi connectivity index (χ4v) is 2.14. The summed E-state index contributed by atoms with van der Waals surface area (Å²) >= 11 is 3.19. The molecule has 0 radical (unpaired) electrons. The Balaban J connectivity index is 1.83. The summed E-state index contributed by atoms with van der Waals surface area (Å²) in [6, 6.07) is 11.4. The number of hydrogen-bond acceptors (Lipinski definition) is 3. The lowest BCUT2D eigenvalue weighted by Crippen LogP contribution is -2.13. The molecule has 0 aromatic heterocycles. The van der Waals surface area contributed by atoms with Gasteiger partial charge in [0.15, 0.2) is 0 Å². The zero-order valence-corrected chi connectivity index (χ0v) is 13.0. The minimum Gasteiger partial charge on any atom is -0.490 e. The number of aryl methyl sites for hydroxylation is 1. The SMILES string of the molecule is Cc1cccc(OCCOC(=O)c2cc(F)ccc2Br)c1. The van der Waals surface area contributed by atoms with Gasteiger partial charge in [0.2, 0.25) is 0 Å². The van der Waals surface area contributed by atoms with Crippen LogP contribution in [0, 0.1) is 12.7 Å². The van der Waals surface area contributed by atoms with Crippen molar-refractivity contribution in [3.63, 3.8) is 0 Å². The highest BCUT2D eigenvalue weighted by Gasteiger charge is 2.12. The largest absolute Gasteiger partial charge is 0.490 e. The smallest absolute Gasteiger partial charge is 0.339 e. The molecule has 0 aliphatic rings. The molecule has 21 heavy (non-hydrogen) atoms. The summed E-state index contributed by atoms with van der Waals surface area (Å²) in [5.74, 6) is -0.353. The highest BCUT2D eigenvalue weighted by molar-refractivity contribution is 9.10. The van der Waals surface area contributed by atoms with Crippen LogP contribution in [-0.2, 0) is 4.74 Å².